The third-order valence-electron chi connectivity index (χ3n) is 2.95. The molecule has 0 radical (unpaired) electrons. The Morgan fingerprint density at radius 1 is 0.810 bits per heavy atom. The Labute approximate surface area is 134 Å². The molecule has 0 amide bonds. The highest BCUT2D eigenvalue weighted by Gasteiger charge is 2.01. The molecule has 0 unspecified atom stereocenters. The van der Waals surface area contributed by atoms with Crippen LogP contribution in [0.25, 0.3) is 0 Å². The fraction of sp³-hybridized carbons (Fsp3) is 0.222. The van der Waals surface area contributed by atoms with Gasteiger partial charge in [0.05, 0.1) is 5.33 Å². The van der Waals surface area contributed by atoms with Crippen LogP contribution in [0.1, 0.15) is 38.8 Å². The lowest BCUT2D eigenvalue weighted by Gasteiger charge is -1.96. The number of alkyl halides is 1. The monoisotopic (exact) mass is 346 g/mol. The van der Waals surface area contributed by atoms with Gasteiger partial charge in [-0.3, -0.25) is 9.59 Å². The Kier molecular flexibility index (Phi) is 7.03. The first-order valence-electron chi connectivity index (χ1n) is 6.67. The average Bonchev–Trinajstić information content (AvgIpc) is 2.48. The van der Waals surface area contributed by atoms with E-state index in [0.29, 0.717) is 5.33 Å². The Balaban J connectivity index is 0.000000211. The van der Waals surface area contributed by atoms with Gasteiger partial charge in [0.2, 0.25) is 0 Å². The summed E-state index contributed by atoms with van der Waals surface area (Å²) in [5, 5.41) is 0.399. The van der Waals surface area contributed by atoms with Crippen LogP contribution in [-0.4, -0.2) is 16.9 Å². The van der Waals surface area contributed by atoms with Crippen molar-refractivity contribution >= 4 is 27.5 Å². The lowest BCUT2D eigenvalue weighted by Crippen LogP contribution is -1.98. The number of ketones is 2. The summed E-state index contributed by atoms with van der Waals surface area (Å²) in [6.07, 6.45) is 0. The molecule has 0 fully saturated rings. The van der Waals surface area contributed by atoms with E-state index < -0.39 is 0 Å². The van der Waals surface area contributed by atoms with Crippen molar-refractivity contribution in [2.75, 3.05) is 5.33 Å². The maximum atomic E-state index is 11.1. The van der Waals surface area contributed by atoms with Gasteiger partial charge >= 0.3 is 0 Å². The summed E-state index contributed by atoms with van der Waals surface area (Å²) in [5.74, 6) is 0.255. The van der Waals surface area contributed by atoms with Crippen LogP contribution in [0.3, 0.4) is 0 Å². The molecule has 0 spiro atoms. The summed E-state index contributed by atoms with van der Waals surface area (Å²) in [4.78, 5) is 21.8. The topological polar surface area (TPSA) is 34.1 Å². The van der Waals surface area contributed by atoms with Gasteiger partial charge in [-0.1, -0.05) is 75.6 Å². The van der Waals surface area contributed by atoms with Gasteiger partial charge in [-0.05, 0) is 20.8 Å². The molecule has 110 valence electrons. The molecular weight excluding hydrogens is 328 g/mol. The molecule has 0 aromatic heterocycles. The minimum atomic E-state index is 0.125. The van der Waals surface area contributed by atoms with Gasteiger partial charge in [-0.15, -0.1) is 0 Å². The summed E-state index contributed by atoms with van der Waals surface area (Å²) < 4.78 is 0. The van der Waals surface area contributed by atoms with E-state index in [1.165, 1.54) is 11.1 Å². The Morgan fingerprint density at radius 3 is 1.52 bits per heavy atom. The number of rotatable bonds is 3. The van der Waals surface area contributed by atoms with Crippen molar-refractivity contribution in [3.05, 3.63) is 70.8 Å². The lowest BCUT2D eigenvalue weighted by molar-refractivity contribution is 0.101. The fourth-order valence-electron chi connectivity index (χ4n) is 1.60. The first-order valence-corrected chi connectivity index (χ1v) is 7.79. The first kappa shape index (κ1) is 17.3. The predicted octanol–water partition coefficient (Wildman–Crippen LogP) is 4.77. The molecule has 0 aliphatic rings. The van der Waals surface area contributed by atoms with E-state index in [1.807, 2.05) is 62.4 Å². The van der Waals surface area contributed by atoms with E-state index >= 15 is 0 Å². The molecule has 0 bridgehead atoms. The van der Waals surface area contributed by atoms with Gasteiger partial charge in [-0.2, -0.15) is 0 Å². The van der Waals surface area contributed by atoms with Gasteiger partial charge in [0.15, 0.2) is 11.6 Å². The molecule has 3 heteroatoms. The van der Waals surface area contributed by atoms with E-state index in [1.54, 1.807) is 6.92 Å². The van der Waals surface area contributed by atoms with Crippen LogP contribution in [0.2, 0.25) is 0 Å². The Morgan fingerprint density at radius 2 is 1.19 bits per heavy atom. The number of carbonyl (C=O) groups is 2. The highest BCUT2D eigenvalue weighted by Crippen LogP contribution is 2.05. The van der Waals surface area contributed by atoms with Crippen molar-refractivity contribution < 1.29 is 9.59 Å². The van der Waals surface area contributed by atoms with Gasteiger partial charge in [-0.25, -0.2) is 0 Å². The number of halogens is 1. The highest BCUT2D eigenvalue weighted by atomic mass is 79.9. The number of hydrogen-bond acceptors (Lipinski definition) is 2. The minimum Gasteiger partial charge on any atom is -0.295 e. The number of Topliss-reactive ketones (excluding diaryl/α,β-unsaturated/α-hetero) is 2. The molecule has 0 atom stereocenters. The third-order valence-corrected chi connectivity index (χ3v) is 3.46. The maximum Gasteiger partial charge on any atom is 0.173 e. The molecule has 21 heavy (non-hydrogen) atoms. The van der Waals surface area contributed by atoms with Crippen LogP contribution in [0.5, 0.6) is 0 Å². The normalized spacial score (nSPS) is 9.52. The molecule has 0 heterocycles. The number of carbonyl (C=O) groups excluding carboxylic acids is 2. The van der Waals surface area contributed by atoms with Crippen LogP contribution in [0, 0.1) is 13.8 Å². The van der Waals surface area contributed by atoms with E-state index in [4.69, 9.17) is 0 Å². The molecule has 2 aromatic carbocycles. The SMILES string of the molecule is CC(=O)c1ccc(C)cc1.Cc1ccc(C(=O)CBr)cc1. The predicted molar refractivity (Wildman–Crippen MR) is 90.5 cm³/mol. The maximum absolute atomic E-state index is 11.1. The molecule has 0 aliphatic heterocycles. The molecule has 0 N–H and O–H groups in total. The fourth-order valence-corrected chi connectivity index (χ4v) is 1.93. The molecule has 0 aliphatic carbocycles. The molecule has 2 aromatic rings. The minimum absolute atomic E-state index is 0.125. The first-order chi connectivity index (χ1) is 9.93. The van der Waals surface area contributed by atoms with Crippen molar-refractivity contribution in [3.63, 3.8) is 0 Å². The summed E-state index contributed by atoms with van der Waals surface area (Å²) in [7, 11) is 0. The second-order valence-corrected chi connectivity index (χ2v) is 5.41. The summed E-state index contributed by atoms with van der Waals surface area (Å²) in [6, 6.07) is 15.1. The van der Waals surface area contributed by atoms with Crippen LogP contribution < -0.4 is 0 Å². The smallest absolute Gasteiger partial charge is 0.173 e. The third kappa shape index (κ3) is 6.05. The van der Waals surface area contributed by atoms with Crippen LogP contribution in [0.4, 0.5) is 0 Å². The van der Waals surface area contributed by atoms with Crippen molar-refractivity contribution in [2.24, 2.45) is 0 Å². The zero-order valence-electron chi connectivity index (χ0n) is 12.5. The quantitative estimate of drug-likeness (QED) is 0.592. The van der Waals surface area contributed by atoms with Gasteiger partial charge in [0, 0.05) is 11.1 Å². The van der Waals surface area contributed by atoms with Crippen molar-refractivity contribution in [1.82, 2.24) is 0 Å². The Bertz CT molecular complexity index is 598. The van der Waals surface area contributed by atoms with Gasteiger partial charge in [0.1, 0.15) is 0 Å². The molecule has 0 saturated carbocycles. The van der Waals surface area contributed by atoms with Gasteiger partial charge < -0.3 is 0 Å². The largest absolute Gasteiger partial charge is 0.295 e. The van der Waals surface area contributed by atoms with E-state index in [9.17, 15) is 9.59 Å². The number of benzene rings is 2. The average molecular weight is 347 g/mol. The van der Waals surface area contributed by atoms with Crippen molar-refractivity contribution in [2.45, 2.75) is 20.8 Å². The van der Waals surface area contributed by atoms with E-state index in [2.05, 4.69) is 15.9 Å². The summed E-state index contributed by atoms with van der Waals surface area (Å²) >= 11 is 3.12. The van der Waals surface area contributed by atoms with Crippen LogP contribution >= 0.6 is 15.9 Å². The van der Waals surface area contributed by atoms with E-state index in [0.717, 1.165) is 11.1 Å². The summed E-state index contributed by atoms with van der Waals surface area (Å²) in [6.45, 7) is 5.58. The second kappa shape index (κ2) is 8.53. The zero-order chi connectivity index (χ0) is 15.8. The molecular formula is C18H19BrO2. The lowest BCUT2D eigenvalue weighted by atomic mass is 10.1. The molecule has 2 nitrogen and oxygen atoms in total. The second-order valence-electron chi connectivity index (χ2n) is 4.85. The van der Waals surface area contributed by atoms with Crippen molar-refractivity contribution in [1.29, 1.82) is 0 Å². The van der Waals surface area contributed by atoms with Gasteiger partial charge in [0.25, 0.3) is 0 Å². The van der Waals surface area contributed by atoms with Crippen molar-refractivity contribution in [3.8, 4) is 0 Å². The zero-order valence-corrected chi connectivity index (χ0v) is 14.1. The van der Waals surface area contributed by atoms with Crippen LogP contribution in [-0.2, 0) is 0 Å². The molecule has 0 saturated heterocycles. The molecule has 2 rings (SSSR count). The number of aryl methyl sites for hydroxylation is 2. The number of hydrogen-bond donors (Lipinski definition) is 0. The highest BCUT2D eigenvalue weighted by molar-refractivity contribution is 9.09. The van der Waals surface area contributed by atoms with Crippen LogP contribution in [0.15, 0.2) is 48.5 Å². The van der Waals surface area contributed by atoms with E-state index in [-0.39, 0.29) is 11.6 Å². The Hall–Kier alpha value is -1.74. The standard InChI is InChI=1S/C9H9BrO.C9H10O/c1-7-2-4-8(5-3-7)9(11)6-10;1-7-3-5-9(6-4-7)8(2)10/h2-5H,6H2,1H3;3-6H,1-2H3. The summed E-state index contributed by atoms with van der Waals surface area (Å²) in [5.41, 5.74) is 3.92.